The highest BCUT2D eigenvalue weighted by Gasteiger charge is 2.28. The Kier molecular flexibility index (Phi) is 25.4. The molecule has 0 saturated heterocycles. The van der Waals surface area contributed by atoms with Crippen molar-refractivity contribution in [3.63, 3.8) is 0 Å². The maximum Gasteiger partial charge on any atom is 0.437 e. The SMILES string of the molecule is CC(C)(C)OC(=O)/N=C(/NCCCCCCCCNC(=O)C(OCc1ccccc1)C(=O)NCCCCN(CCCNC(=O)OC(C)(C)C)C(=O)OC(C)(C)C)NC(=O)OC(C)(C)C. The number of carbonyl (C=O) groups is 6. The molecule has 0 heterocycles. The van der Waals surface area contributed by atoms with Crippen LogP contribution >= 0.6 is 0 Å². The smallest absolute Gasteiger partial charge is 0.437 e. The van der Waals surface area contributed by atoms with Gasteiger partial charge in [0.15, 0.2) is 0 Å². The number of unbranched alkanes of at least 4 members (excludes halogenated alkanes) is 6. The molecule has 64 heavy (non-hydrogen) atoms. The molecule has 1 unspecified atom stereocenters. The first-order valence-electron chi connectivity index (χ1n) is 22.4. The first kappa shape index (κ1) is 56.9. The zero-order chi connectivity index (χ0) is 48.4. The lowest BCUT2D eigenvalue weighted by molar-refractivity contribution is -0.146. The van der Waals surface area contributed by atoms with Gasteiger partial charge < -0.3 is 49.9 Å². The summed E-state index contributed by atoms with van der Waals surface area (Å²) in [5.41, 5.74) is -1.97. The van der Waals surface area contributed by atoms with Crippen LogP contribution in [0.25, 0.3) is 0 Å². The molecule has 0 spiro atoms. The van der Waals surface area contributed by atoms with Gasteiger partial charge in [0.1, 0.15) is 22.4 Å². The summed E-state index contributed by atoms with van der Waals surface area (Å²) >= 11 is 0. The molecule has 1 aromatic rings. The zero-order valence-corrected chi connectivity index (χ0v) is 40.7. The first-order chi connectivity index (χ1) is 29.7. The largest absolute Gasteiger partial charge is 0.444 e. The fraction of sp³-hybridized carbons (Fsp3) is 0.717. The molecule has 0 aromatic heterocycles. The van der Waals surface area contributed by atoms with Gasteiger partial charge in [-0.2, -0.15) is 0 Å². The molecule has 1 rings (SSSR count). The van der Waals surface area contributed by atoms with Crippen LogP contribution in [0.4, 0.5) is 19.2 Å². The number of rotatable bonds is 23. The Morgan fingerprint density at radius 2 is 0.984 bits per heavy atom. The van der Waals surface area contributed by atoms with E-state index in [0.717, 1.165) is 37.7 Å². The summed E-state index contributed by atoms with van der Waals surface area (Å²) in [7, 11) is 0. The summed E-state index contributed by atoms with van der Waals surface area (Å²) in [5.74, 6) is -1.14. The van der Waals surface area contributed by atoms with E-state index < -0.39 is 64.7 Å². The Morgan fingerprint density at radius 1 is 0.531 bits per heavy atom. The number of ether oxygens (including phenoxy) is 5. The van der Waals surface area contributed by atoms with Gasteiger partial charge in [0.2, 0.25) is 12.1 Å². The third kappa shape index (κ3) is 30.8. The van der Waals surface area contributed by atoms with E-state index >= 15 is 0 Å². The second kappa shape index (κ2) is 28.6. The lowest BCUT2D eigenvalue weighted by Crippen LogP contribution is -2.47. The van der Waals surface area contributed by atoms with Crippen LogP contribution in [-0.4, -0.2) is 115 Å². The van der Waals surface area contributed by atoms with Gasteiger partial charge >= 0.3 is 24.4 Å². The molecule has 0 fully saturated rings. The Hall–Kier alpha value is -5.13. The molecule has 0 aliphatic rings. The summed E-state index contributed by atoms with van der Waals surface area (Å²) in [4.78, 5) is 81.6. The van der Waals surface area contributed by atoms with Gasteiger partial charge in [0.25, 0.3) is 11.8 Å². The highest BCUT2D eigenvalue weighted by molar-refractivity contribution is 6.03. The van der Waals surface area contributed by atoms with Crippen LogP contribution in [0, 0.1) is 0 Å². The maximum absolute atomic E-state index is 13.3. The second-order valence-corrected chi connectivity index (χ2v) is 19.3. The Balaban J connectivity index is 2.61. The molecular weight excluding hydrogens is 827 g/mol. The fourth-order valence-corrected chi connectivity index (χ4v) is 5.51. The molecule has 0 aliphatic heterocycles. The lowest BCUT2D eigenvalue weighted by atomic mass is 10.1. The van der Waals surface area contributed by atoms with Crippen molar-refractivity contribution in [3.8, 4) is 0 Å². The number of alkyl carbamates (subject to hydrolysis) is 2. The zero-order valence-electron chi connectivity index (χ0n) is 40.7. The van der Waals surface area contributed by atoms with Crippen molar-refractivity contribution in [1.29, 1.82) is 0 Å². The number of benzene rings is 1. The lowest BCUT2D eigenvalue weighted by Gasteiger charge is -2.27. The monoisotopic (exact) mass is 906 g/mol. The number of guanidine groups is 1. The van der Waals surface area contributed by atoms with Crippen LogP contribution in [0.15, 0.2) is 35.3 Å². The molecule has 0 saturated carbocycles. The second-order valence-electron chi connectivity index (χ2n) is 19.3. The Labute approximate surface area is 381 Å². The van der Waals surface area contributed by atoms with Crippen molar-refractivity contribution < 1.29 is 52.5 Å². The number of hydrogen-bond acceptors (Lipinski definition) is 11. The number of amides is 6. The molecule has 18 heteroatoms. The third-order valence-electron chi connectivity index (χ3n) is 8.23. The van der Waals surface area contributed by atoms with Crippen LogP contribution < -0.4 is 26.6 Å². The van der Waals surface area contributed by atoms with Crippen LogP contribution in [-0.2, 0) is 39.9 Å². The standard InChI is InChI=1S/C46H79N7O11/c1-43(2,3)61-39(56)50-30-24-32-53(42(59)64-46(10,11)12)31-23-22-28-48-37(55)35(60-33-34-25-18-17-19-26-34)36(54)47-27-20-15-13-14-16-21-29-49-38(51-40(57)62-44(4,5)6)52-41(58)63-45(7,8)9/h17-19,25-26,35H,13-16,20-24,27-33H2,1-12H3,(H,47,54)(H,48,55)(H,50,56)(H2,49,51,52,57,58). The Bertz CT molecular complexity index is 1610. The van der Waals surface area contributed by atoms with E-state index in [1.165, 1.54) is 0 Å². The van der Waals surface area contributed by atoms with Gasteiger partial charge in [-0.25, -0.2) is 19.2 Å². The van der Waals surface area contributed by atoms with Crippen molar-refractivity contribution in [2.75, 3.05) is 39.3 Å². The van der Waals surface area contributed by atoms with Crippen molar-refractivity contribution in [3.05, 3.63) is 35.9 Å². The molecule has 0 bridgehead atoms. The highest BCUT2D eigenvalue weighted by atomic mass is 16.6. The minimum atomic E-state index is -1.36. The van der Waals surface area contributed by atoms with Crippen LogP contribution in [0.3, 0.4) is 0 Å². The minimum absolute atomic E-state index is 0.0553. The van der Waals surface area contributed by atoms with E-state index in [2.05, 4.69) is 31.6 Å². The molecule has 364 valence electrons. The van der Waals surface area contributed by atoms with Crippen LogP contribution in [0.2, 0.25) is 0 Å². The van der Waals surface area contributed by atoms with E-state index in [9.17, 15) is 28.8 Å². The van der Waals surface area contributed by atoms with E-state index in [1.54, 1.807) is 88.0 Å². The number of aliphatic imine (C=N–C) groups is 1. The number of nitrogens with zero attached hydrogens (tertiary/aromatic N) is 2. The van der Waals surface area contributed by atoms with Gasteiger partial charge in [0.05, 0.1) is 6.61 Å². The quantitative estimate of drug-likeness (QED) is 0.0237. The highest BCUT2D eigenvalue weighted by Crippen LogP contribution is 2.13. The predicted molar refractivity (Wildman–Crippen MR) is 246 cm³/mol. The van der Waals surface area contributed by atoms with Crippen LogP contribution in [0.1, 0.15) is 146 Å². The van der Waals surface area contributed by atoms with Gasteiger partial charge in [-0.05, 0) is 121 Å². The molecular formula is C46H79N7O11. The summed E-state index contributed by atoms with van der Waals surface area (Å²) in [6.07, 6.45) is 2.59. The summed E-state index contributed by atoms with van der Waals surface area (Å²) in [6.45, 7) is 23.2. The Morgan fingerprint density at radius 3 is 1.52 bits per heavy atom. The van der Waals surface area contributed by atoms with E-state index in [4.69, 9.17) is 23.7 Å². The van der Waals surface area contributed by atoms with Gasteiger partial charge in [-0.15, -0.1) is 4.99 Å². The van der Waals surface area contributed by atoms with E-state index in [-0.39, 0.29) is 19.1 Å². The average molecular weight is 906 g/mol. The van der Waals surface area contributed by atoms with Crippen molar-refractivity contribution in [2.45, 2.75) is 176 Å². The fourth-order valence-electron chi connectivity index (χ4n) is 5.51. The molecule has 0 radical (unpaired) electrons. The topological polar surface area (TPSA) is 224 Å². The average Bonchev–Trinajstić information content (AvgIpc) is 3.13. The molecule has 1 aromatic carbocycles. The molecule has 0 aliphatic carbocycles. The molecule has 6 amide bonds. The molecule has 1 atom stereocenters. The van der Waals surface area contributed by atoms with Crippen molar-refractivity contribution in [2.24, 2.45) is 4.99 Å². The first-order valence-corrected chi connectivity index (χ1v) is 22.4. The minimum Gasteiger partial charge on any atom is -0.444 e. The van der Waals surface area contributed by atoms with E-state index in [0.29, 0.717) is 58.4 Å². The van der Waals surface area contributed by atoms with Gasteiger partial charge in [-0.3, -0.25) is 14.9 Å². The molecule has 18 nitrogen and oxygen atoms in total. The third-order valence-corrected chi connectivity index (χ3v) is 8.23. The summed E-state index contributed by atoms with van der Waals surface area (Å²) in [6, 6.07) is 9.28. The summed E-state index contributed by atoms with van der Waals surface area (Å²) < 4.78 is 27.3. The van der Waals surface area contributed by atoms with Crippen LogP contribution in [0.5, 0.6) is 0 Å². The number of hydrogen-bond donors (Lipinski definition) is 5. The normalized spacial score (nSPS) is 12.6. The van der Waals surface area contributed by atoms with Gasteiger partial charge in [-0.1, -0.05) is 56.0 Å². The summed E-state index contributed by atoms with van der Waals surface area (Å²) in [5, 5.41) is 13.8. The maximum atomic E-state index is 13.3. The van der Waals surface area contributed by atoms with Gasteiger partial charge in [0, 0.05) is 39.3 Å². The van der Waals surface area contributed by atoms with E-state index in [1.807, 2.05) is 30.3 Å². The predicted octanol–water partition coefficient (Wildman–Crippen LogP) is 7.48. The van der Waals surface area contributed by atoms with Crippen molar-refractivity contribution >= 4 is 42.1 Å². The number of nitrogens with one attached hydrogen (secondary N) is 5. The molecule has 5 N–H and O–H groups in total. The number of carbonyl (C=O) groups excluding carboxylic acids is 6. The van der Waals surface area contributed by atoms with Crippen molar-refractivity contribution in [1.82, 2.24) is 31.5 Å².